The number of rotatable bonds is 4. The van der Waals surface area contributed by atoms with Crippen molar-refractivity contribution in [1.29, 1.82) is 0 Å². The van der Waals surface area contributed by atoms with Crippen LogP contribution in [0.1, 0.15) is 38.8 Å². The molecule has 1 aliphatic heterocycles. The highest BCUT2D eigenvalue weighted by Crippen LogP contribution is 2.35. The third-order valence-corrected chi connectivity index (χ3v) is 5.45. The molecule has 174 valence electrons. The number of hydrogen-bond acceptors (Lipinski definition) is 5. The molecular formula is C21H26F3N5O3. The van der Waals surface area contributed by atoms with Gasteiger partial charge >= 0.3 is 6.18 Å². The summed E-state index contributed by atoms with van der Waals surface area (Å²) in [6, 6.07) is 2.86. The van der Waals surface area contributed by atoms with Gasteiger partial charge in [0.1, 0.15) is 17.8 Å². The first-order chi connectivity index (χ1) is 14.8. The standard InChI is InChI=1S/C21H26F3N5O3/c1-20(2,3)17(19(32)28-10-14(30)9-16(28)18(31)25-4)29-11-15(26-27-29)12-5-7-13(8-6-12)21(22,23)24/h5-8,11,14,16-17,30H,9-10H2,1-4H3,(H,25,31)/t14?,16?,17-/m1/s1. The van der Waals surface area contributed by atoms with Gasteiger partial charge in [0.25, 0.3) is 0 Å². The molecule has 1 aromatic carbocycles. The quantitative estimate of drug-likeness (QED) is 0.740. The molecule has 0 aliphatic carbocycles. The number of aliphatic hydroxyl groups is 1. The normalized spacial score (nSPS) is 20.3. The van der Waals surface area contributed by atoms with E-state index in [1.165, 1.54) is 35.0 Å². The van der Waals surface area contributed by atoms with Crippen LogP contribution in [0.25, 0.3) is 11.3 Å². The number of carbonyl (C=O) groups is 2. The Balaban J connectivity index is 1.92. The van der Waals surface area contributed by atoms with E-state index < -0.39 is 41.2 Å². The number of hydrogen-bond donors (Lipinski definition) is 2. The summed E-state index contributed by atoms with van der Waals surface area (Å²) in [5, 5.41) is 20.7. The van der Waals surface area contributed by atoms with E-state index in [2.05, 4.69) is 15.6 Å². The third kappa shape index (κ3) is 4.77. The highest BCUT2D eigenvalue weighted by molar-refractivity contribution is 5.90. The number of benzene rings is 1. The van der Waals surface area contributed by atoms with Crippen molar-refractivity contribution < 1.29 is 27.9 Å². The molecule has 1 saturated heterocycles. The minimum atomic E-state index is -4.44. The van der Waals surface area contributed by atoms with Gasteiger partial charge in [-0.1, -0.05) is 38.1 Å². The van der Waals surface area contributed by atoms with Gasteiger partial charge in [-0.25, -0.2) is 4.68 Å². The largest absolute Gasteiger partial charge is 0.416 e. The Hall–Kier alpha value is -2.95. The fourth-order valence-corrected chi connectivity index (χ4v) is 3.88. The molecule has 1 aromatic heterocycles. The smallest absolute Gasteiger partial charge is 0.391 e. The Kier molecular flexibility index (Phi) is 6.32. The zero-order valence-corrected chi connectivity index (χ0v) is 18.2. The van der Waals surface area contributed by atoms with E-state index >= 15 is 0 Å². The molecule has 2 unspecified atom stereocenters. The molecule has 2 heterocycles. The highest BCUT2D eigenvalue weighted by Gasteiger charge is 2.45. The van der Waals surface area contributed by atoms with Gasteiger partial charge in [0.05, 0.1) is 17.9 Å². The van der Waals surface area contributed by atoms with E-state index in [9.17, 15) is 27.9 Å². The van der Waals surface area contributed by atoms with Gasteiger partial charge < -0.3 is 15.3 Å². The first-order valence-corrected chi connectivity index (χ1v) is 10.1. The minimum Gasteiger partial charge on any atom is -0.391 e. The predicted molar refractivity (Wildman–Crippen MR) is 109 cm³/mol. The molecule has 1 aliphatic rings. The van der Waals surface area contributed by atoms with E-state index in [1.54, 1.807) is 0 Å². The SMILES string of the molecule is CNC(=O)C1CC(O)CN1C(=O)[C@@H](n1cc(-c2ccc(C(F)(F)F)cc2)nn1)C(C)(C)C. The maximum atomic E-state index is 13.5. The fraction of sp³-hybridized carbons (Fsp3) is 0.524. The van der Waals surface area contributed by atoms with E-state index in [-0.39, 0.29) is 18.9 Å². The number of nitrogens with one attached hydrogen (secondary N) is 1. The van der Waals surface area contributed by atoms with Crippen molar-refractivity contribution in [2.24, 2.45) is 5.41 Å². The summed E-state index contributed by atoms with van der Waals surface area (Å²) in [4.78, 5) is 27.1. The van der Waals surface area contributed by atoms with Crippen LogP contribution >= 0.6 is 0 Å². The van der Waals surface area contributed by atoms with Crippen molar-refractivity contribution in [2.45, 2.75) is 51.6 Å². The lowest BCUT2D eigenvalue weighted by atomic mass is 9.85. The molecular weight excluding hydrogens is 427 g/mol. The predicted octanol–water partition coefficient (Wildman–Crippen LogP) is 2.26. The fourth-order valence-electron chi connectivity index (χ4n) is 3.88. The Labute approximate surface area is 183 Å². The molecule has 2 N–H and O–H groups in total. The zero-order valence-electron chi connectivity index (χ0n) is 18.2. The van der Waals surface area contributed by atoms with Crippen LogP contribution in [0.2, 0.25) is 0 Å². The van der Waals surface area contributed by atoms with Crippen LogP contribution in [0.15, 0.2) is 30.5 Å². The van der Waals surface area contributed by atoms with Crippen molar-refractivity contribution >= 4 is 11.8 Å². The van der Waals surface area contributed by atoms with Gasteiger partial charge in [-0.15, -0.1) is 5.10 Å². The van der Waals surface area contributed by atoms with Crippen molar-refractivity contribution in [3.8, 4) is 11.3 Å². The molecule has 0 spiro atoms. The Morgan fingerprint density at radius 1 is 1.19 bits per heavy atom. The summed E-state index contributed by atoms with van der Waals surface area (Å²) in [6.07, 6.45) is -3.63. The van der Waals surface area contributed by atoms with E-state index in [1.807, 2.05) is 20.8 Å². The lowest BCUT2D eigenvalue weighted by Gasteiger charge is -2.34. The molecule has 3 rings (SSSR count). The van der Waals surface area contributed by atoms with Crippen molar-refractivity contribution in [3.05, 3.63) is 36.0 Å². The Morgan fingerprint density at radius 3 is 2.34 bits per heavy atom. The summed E-state index contributed by atoms with van der Waals surface area (Å²) >= 11 is 0. The molecule has 0 radical (unpaired) electrons. The molecule has 0 saturated carbocycles. The zero-order chi connectivity index (χ0) is 23.8. The second-order valence-electron chi connectivity index (χ2n) is 8.94. The third-order valence-electron chi connectivity index (χ3n) is 5.45. The maximum Gasteiger partial charge on any atom is 0.416 e. The van der Waals surface area contributed by atoms with Crippen LogP contribution in [-0.4, -0.2) is 62.6 Å². The van der Waals surface area contributed by atoms with Crippen LogP contribution in [-0.2, 0) is 15.8 Å². The molecule has 3 atom stereocenters. The minimum absolute atomic E-state index is 0.0178. The van der Waals surface area contributed by atoms with Gasteiger partial charge in [-0.05, 0) is 17.5 Å². The number of β-amino-alcohol motifs (C(OH)–C–C–N with tert-alkyl or cyclic N) is 1. The average molecular weight is 453 g/mol. The first-order valence-electron chi connectivity index (χ1n) is 10.1. The lowest BCUT2D eigenvalue weighted by molar-refractivity contribution is -0.144. The number of alkyl halides is 3. The number of amides is 2. The average Bonchev–Trinajstić information content (AvgIpc) is 3.33. The summed E-state index contributed by atoms with van der Waals surface area (Å²) in [5.41, 5.74) is -0.679. The number of carbonyl (C=O) groups excluding carboxylic acids is 2. The van der Waals surface area contributed by atoms with Gasteiger partial charge in [0.2, 0.25) is 11.8 Å². The van der Waals surface area contributed by atoms with Crippen LogP contribution in [0.5, 0.6) is 0 Å². The molecule has 8 nitrogen and oxygen atoms in total. The topological polar surface area (TPSA) is 100 Å². The Bertz CT molecular complexity index is 982. The van der Waals surface area contributed by atoms with E-state index in [0.717, 1.165) is 12.1 Å². The van der Waals surface area contributed by atoms with Gasteiger partial charge in [-0.3, -0.25) is 9.59 Å². The summed E-state index contributed by atoms with van der Waals surface area (Å²) < 4.78 is 39.8. The van der Waals surface area contributed by atoms with Crippen LogP contribution < -0.4 is 5.32 Å². The van der Waals surface area contributed by atoms with Crippen LogP contribution in [0.3, 0.4) is 0 Å². The monoisotopic (exact) mass is 453 g/mol. The number of nitrogens with zero attached hydrogens (tertiary/aromatic N) is 4. The van der Waals surface area contributed by atoms with Crippen LogP contribution in [0.4, 0.5) is 13.2 Å². The second-order valence-corrected chi connectivity index (χ2v) is 8.94. The summed E-state index contributed by atoms with van der Waals surface area (Å²) in [5.74, 6) is -0.766. The van der Waals surface area contributed by atoms with E-state index in [0.29, 0.717) is 11.3 Å². The number of likely N-dealkylation sites (N-methyl/N-ethyl adjacent to an activating group) is 1. The lowest BCUT2D eigenvalue weighted by Crippen LogP contribution is -2.49. The summed E-state index contributed by atoms with van der Waals surface area (Å²) in [7, 11) is 1.46. The first kappa shape index (κ1) is 23.7. The second kappa shape index (κ2) is 8.53. The Morgan fingerprint density at radius 2 is 1.81 bits per heavy atom. The number of halogens is 3. The molecule has 0 bridgehead atoms. The van der Waals surface area contributed by atoms with Crippen molar-refractivity contribution in [3.63, 3.8) is 0 Å². The van der Waals surface area contributed by atoms with Gasteiger partial charge in [0, 0.05) is 25.6 Å². The highest BCUT2D eigenvalue weighted by atomic mass is 19.4. The molecule has 2 amide bonds. The number of likely N-dealkylation sites (tertiary alicyclic amines) is 1. The summed E-state index contributed by atoms with van der Waals surface area (Å²) in [6.45, 7) is 5.51. The number of aliphatic hydroxyl groups excluding tert-OH is 1. The van der Waals surface area contributed by atoms with Crippen molar-refractivity contribution in [2.75, 3.05) is 13.6 Å². The molecule has 1 fully saturated rings. The van der Waals surface area contributed by atoms with Gasteiger partial charge in [-0.2, -0.15) is 13.2 Å². The van der Waals surface area contributed by atoms with Crippen LogP contribution in [0, 0.1) is 5.41 Å². The van der Waals surface area contributed by atoms with E-state index in [4.69, 9.17) is 0 Å². The number of aromatic nitrogens is 3. The van der Waals surface area contributed by atoms with Gasteiger partial charge in [0.15, 0.2) is 0 Å². The van der Waals surface area contributed by atoms with Crippen molar-refractivity contribution in [1.82, 2.24) is 25.2 Å². The molecule has 32 heavy (non-hydrogen) atoms. The molecule has 11 heteroatoms. The maximum absolute atomic E-state index is 13.5. The molecule has 2 aromatic rings.